The van der Waals surface area contributed by atoms with E-state index in [2.05, 4.69) is 88.8 Å². The third-order valence-electron chi connectivity index (χ3n) is 11.5. The van der Waals surface area contributed by atoms with E-state index >= 15 is 0 Å². The summed E-state index contributed by atoms with van der Waals surface area (Å²) in [6.07, 6.45) is 6.22. The average Bonchev–Trinajstić information content (AvgIpc) is 4.00. The topological polar surface area (TPSA) is 116 Å². The van der Waals surface area contributed by atoms with Gasteiger partial charge < -0.3 is 19.4 Å². The van der Waals surface area contributed by atoms with Gasteiger partial charge in [-0.3, -0.25) is 9.80 Å². The molecule has 4 aromatic carbocycles. The van der Waals surface area contributed by atoms with E-state index in [1.54, 1.807) is 4.90 Å². The molecule has 9 rings (SSSR count). The number of nitrogens with zero attached hydrogens (tertiary/aromatic N) is 4. The number of amides is 2. The summed E-state index contributed by atoms with van der Waals surface area (Å²) in [4.78, 5) is 46.7. The monoisotopic (exact) mass is 750 g/mol. The number of aromatic amines is 2. The quantitative estimate of drug-likeness (QED) is 0.181. The van der Waals surface area contributed by atoms with Gasteiger partial charge in [0.2, 0.25) is 0 Å². The minimum absolute atomic E-state index is 0.0917. The van der Waals surface area contributed by atoms with Crippen LogP contribution in [0.3, 0.4) is 0 Å². The van der Waals surface area contributed by atoms with E-state index < -0.39 is 11.2 Å². The maximum absolute atomic E-state index is 13.3. The van der Waals surface area contributed by atoms with E-state index in [1.165, 1.54) is 0 Å². The summed E-state index contributed by atoms with van der Waals surface area (Å²) in [6.45, 7) is 12.1. The summed E-state index contributed by atoms with van der Waals surface area (Å²) in [5.41, 5.74) is 7.29. The summed E-state index contributed by atoms with van der Waals surface area (Å²) in [6, 6.07) is 28.1. The number of hydrogen-bond donors (Lipinski definition) is 2. The van der Waals surface area contributed by atoms with E-state index in [0.717, 1.165) is 99.1 Å². The van der Waals surface area contributed by atoms with Crippen LogP contribution in [0.5, 0.6) is 0 Å². The molecule has 2 aliphatic heterocycles. The molecule has 1 aliphatic carbocycles. The fourth-order valence-corrected chi connectivity index (χ4v) is 8.96. The maximum Gasteiger partial charge on any atom is 0.411 e. The van der Waals surface area contributed by atoms with Crippen LogP contribution in [0.2, 0.25) is 0 Å². The van der Waals surface area contributed by atoms with Gasteiger partial charge in [-0.25, -0.2) is 19.6 Å². The van der Waals surface area contributed by atoms with Crippen molar-refractivity contribution in [1.82, 2.24) is 29.7 Å². The van der Waals surface area contributed by atoms with E-state index in [1.807, 2.05) is 52.6 Å². The van der Waals surface area contributed by atoms with Crippen molar-refractivity contribution in [2.24, 2.45) is 5.92 Å². The fraction of sp³-hybridized carbons (Fsp3) is 0.391. The van der Waals surface area contributed by atoms with E-state index in [0.29, 0.717) is 12.5 Å². The molecule has 3 aliphatic rings. The summed E-state index contributed by atoms with van der Waals surface area (Å²) in [7, 11) is 0. The lowest BCUT2D eigenvalue weighted by Crippen LogP contribution is -2.43. The summed E-state index contributed by atoms with van der Waals surface area (Å²) >= 11 is 0. The molecule has 288 valence electrons. The van der Waals surface area contributed by atoms with Gasteiger partial charge in [-0.15, -0.1) is 0 Å². The first-order chi connectivity index (χ1) is 26.8. The number of ether oxygens (including phenoxy) is 2. The molecule has 2 bridgehead atoms. The van der Waals surface area contributed by atoms with Crippen LogP contribution in [-0.4, -0.2) is 65.7 Å². The van der Waals surface area contributed by atoms with Crippen molar-refractivity contribution in [3.8, 4) is 33.5 Å². The Kier molecular flexibility index (Phi) is 8.71. The smallest absolute Gasteiger partial charge is 0.411 e. The standard InChI is InChI=1S/C46H50N6O4/c1-45(2,3)55-43(53)51-21-7-8-39(51)41-47-26-38(50-41)33-16-15-30-22-29(13-14-31(30)23-33)27-9-11-28(12-10-27)32-18-20-36-37(25-32)49-42(48-36)40-34-17-19-35(24-34)52(40)44(54)56-46(4,5)6/h9-16,18,20,22-23,25-26,34-35,39-40H,7-8,17,19,21,24H2,1-6H3,(H,47,50)(H,48,49)/t34-,35-,39+,40+/m1/s1. The number of hydrogen-bond acceptors (Lipinski definition) is 6. The molecule has 2 saturated heterocycles. The third kappa shape index (κ3) is 6.90. The Morgan fingerprint density at radius 2 is 1.32 bits per heavy atom. The van der Waals surface area contributed by atoms with Crippen LogP contribution in [0.1, 0.15) is 97.4 Å². The third-order valence-corrected chi connectivity index (χ3v) is 11.5. The minimum atomic E-state index is -0.543. The first-order valence-electron chi connectivity index (χ1n) is 20.0. The number of likely N-dealkylation sites (tertiary alicyclic amines) is 2. The number of H-pyrrole nitrogens is 2. The Morgan fingerprint density at radius 3 is 2.04 bits per heavy atom. The highest BCUT2D eigenvalue weighted by Gasteiger charge is 2.51. The number of nitrogens with one attached hydrogen (secondary N) is 2. The van der Waals surface area contributed by atoms with Crippen molar-refractivity contribution < 1.29 is 19.1 Å². The lowest BCUT2D eigenvalue weighted by atomic mass is 9.97. The number of benzene rings is 4. The lowest BCUT2D eigenvalue weighted by molar-refractivity contribution is 0.00616. The average molecular weight is 751 g/mol. The van der Waals surface area contributed by atoms with Crippen LogP contribution in [0, 0.1) is 5.92 Å². The van der Waals surface area contributed by atoms with E-state index in [-0.39, 0.29) is 30.3 Å². The van der Waals surface area contributed by atoms with Gasteiger partial charge in [-0.1, -0.05) is 54.6 Å². The van der Waals surface area contributed by atoms with Crippen LogP contribution >= 0.6 is 0 Å². The van der Waals surface area contributed by atoms with Gasteiger partial charge in [0.15, 0.2) is 0 Å². The molecule has 0 spiro atoms. The predicted octanol–water partition coefficient (Wildman–Crippen LogP) is 11.0. The molecule has 4 atom stereocenters. The molecule has 1 saturated carbocycles. The maximum atomic E-state index is 13.3. The van der Waals surface area contributed by atoms with Crippen molar-refractivity contribution in [3.05, 3.63) is 96.7 Å². The summed E-state index contributed by atoms with van der Waals surface area (Å²) in [5.74, 6) is 2.03. The molecular formula is C46H50N6O4. The zero-order valence-electron chi connectivity index (χ0n) is 33.1. The van der Waals surface area contributed by atoms with Gasteiger partial charge in [0.25, 0.3) is 0 Å². The number of aromatic nitrogens is 4. The van der Waals surface area contributed by atoms with Gasteiger partial charge in [0.1, 0.15) is 22.9 Å². The molecule has 6 aromatic rings. The molecule has 2 aromatic heterocycles. The first kappa shape index (κ1) is 36.0. The molecule has 3 fully saturated rings. The van der Waals surface area contributed by atoms with Crippen molar-refractivity contribution >= 4 is 34.0 Å². The number of carbonyl (C=O) groups excluding carboxylic acids is 2. The highest BCUT2D eigenvalue weighted by atomic mass is 16.6. The van der Waals surface area contributed by atoms with Crippen LogP contribution in [0.25, 0.3) is 55.3 Å². The summed E-state index contributed by atoms with van der Waals surface area (Å²) < 4.78 is 11.5. The normalized spacial score (nSPS) is 21.0. The van der Waals surface area contributed by atoms with Crippen molar-refractivity contribution in [2.45, 2.75) is 103 Å². The predicted molar refractivity (Wildman–Crippen MR) is 219 cm³/mol. The second kappa shape index (κ2) is 13.5. The van der Waals surface area contributed by atoms with Crippen molar-refractivity contribution in [2.75, 3.05) is 6.54 Å². The molecule has 2 N–H and O–H groups in total. The van der Waals surface area contributed by atoms with Crippen LogP contribution < -0.4 is 0 Å². The van der Waals surface area contributed by atoms with Crippen molar-refractivity contribution in [1.29, 1.82) is 0 Å². The van der Waals surface area contributed by atoms with Gasteiger partial charge in [-0.05, 0) is 137 Å². The van der Waals surface area contributed by atoms with Gasteiger partial charge >= 0.3 is 12.2 Å². The number of carbonyl (C=O) groups is 2. The number of imidazole rings is 2. The number of rotatable bonds is 5. The van der Waals surface area contributed by atoms with Gasteiger partial charge in [0.05, 0.1) is 35.0 Å². The number of piperidine rings is 1. The Labute approximate surface area is 327 Å². The first-order valence-corrected chi connectivity index (χ1v) is 20.0. The zero-order valence-corrected chi connectivity index (χ0v) is 33.1. The van der Waals surface area contributed by atoms with E-state index in [9.17, 15) is 9.59 Å². The second-order valence-electron chi connectivity index (χ2n) is 17.8. The van der Waals surface area contributed by atoms with E-state index in [4.69, 9.17) is 19.4 Å². The minimum Gasteiger partial charge on any atom is -0.444 e. The molecule has 0 unspecified atom stereocenters. The number of fused-ring (bicyclic) bond motifs is 4. The Morgan fingerprint density at radius 1 is 0.696 bits per heavy atom. The SMILES string of the molecule is CC(C)(C)OC(=O)N1CCC[C@H]1c1ncc(-c2ccc3cc(-c4ccc(-c5ccc6nc([C@@H]7[C@@H]8CC[C@H](C8)N7C(=O)OC(C)(C)C)[nH]c6c5)cc4)ccc3c2)[nH]1. The van der Waals surface area contributed by atoms with Gasteiger partial charge in [0, 0.05) is 18.2 Å². The Balaban J connectivity index is 0.903. The molecule has 0 radical (unpaired) electrons. The second-order valence-corrected chi connectivity index (χ2v) is 17.8. The molecule has 2 amide bonds. The molecule has 4 heterocycles. The lowest BCUT2D eigenvalue weighted by Gasteiger charge is -2.35. The molecule has 10 nitrogen and oxygen atoms in total. The highest BCUT2D eigenvalue weighted by molar-refractivity contribution is 5.91. The zero-order chi connectivity index (χ0) is 38.9. The largest absolute Gasteiger partial charge is 0.444 e. The van der Waals surface area contributed by atoms with Crippen LogP contribution in [-0.2, 0) is 9.47 Å². The van der Waals surface area contributed by atoms with Gasteiger partial charge in [-0.2, -0.15) is 0 Å². The van der Waals surface area contributed by atoms with Crippen LogP contribution in [0.15, 0.2) is 85.1 Å². The van der Waals surface area contributed by atoms with Crippen LogP contribution in [0.4, 0.5) is 9.59 Å². The summed E-state index contributed by atoms with van der Waals surface area (Å²) in [5, 5.41) is 2.30. The highest BCUT2D eigenvalue weighted by Crippen LogP contribution is 2.50. The Bertz CT molecular complexity index is 2450. The molecular weight excluding hydrogens is 701 g/mol. The fourth-order valence-electron chi connectivity index (χ4n) is 8.96. The van der Waals surface area contributed by atoms with Crippen molar-refractivity contribution in [3.63, 3.8) is 0 Å². The molecule has 10 heteroatoms. The Hall–Kier alpha value is -5.64. The molecule has 56 heavy (non-hydrogen) atoms.